The summed E-state index contributed by atoms with van der Waals surface area (Å²) in [6, 6.07) is 11.4. The Balaban J connectivity index is 0.000000845. The molecule has 0 saturated heterocycles. The number of thiol groups is 1. The molecule has 2 aromatic carbocycles. The molecule has 0 aliphatic heterocycles. The van der Waals surface area contributed by atoms with E-state index in [-0.39, 0.29) is 22.2 Å². The van der Waals surface area contributed by atoms with Crippen LogP contribution in [0.3, 0.4) is 0 Å². The van der Waals surface area contributed by atoms with E-state index in [9.17, 15) is 5.11 Å². The molecule has 1 N–H and O–H groups in total. The number of hydrogen-bond acceptors (Lipinski definition) is 2. The summed E-state index contributed by atoms with van der Waals surface area (Å²) in [6.45, 7) is 0. The molecule has 2 rings (SSSR count). The van der Waals surface area contributed by atoms with Gasteiger partial charge in [-0.25, -0.2) is 0 Å². The zero-order valence-electron chi connectivity index (χ0n) is 6.67. The Bertz CT molecular complexity index is 428. The van der Waals surface area contributed by atoms with Crippen molar-refractivity contribution in [1.29, 1.82) is 0 Å². The molecule has 1 nitrogen and oxygen atoms in total. The Morgan fingerprint density at radius 1 is 1.00 bits per heavy atom. The maximum absolute atomic E-state index is 9.34. The van der Waals surface area contributed by atoms with Crippen molar-refractivity contribution in [3.05, 3.63) is 36.4 Å². The van der Waals surface area contributed by atoms with Gasteiger partial charge in [0.1, 0.15) is 5.75 Å². The van der Waals surface area contributed by atoms with Crippen molar-refractivity contribution in [2.45, 2.75) is 4.90 Å². The predicted octanol–water partition coefficient (Wildman–Crippen LogP) is 2.83. The predicted molar refractivity (Wildman–Crippen MR) is 52.9 cm³/mol. The molecule has 0 heterocycles. The molecular weight excluding hydrogens is 227 g/mol. The number of fused-ring (bicyclic) bond motifs is 1. The Kier molecular flexibility index (Phi) is 3.24. The molecule has 0 unspecified atom stereocenters. The molecule has 0 atom stereocenters. The number of phenols is 1. The quantitative estimate of drug-likeness (QED) is 0.531. The Morgan fingerprint density at radius 3 is 2.46 bits per heavy atom. The van der Waals surface area contributed by atoms with Crippen LogP contribution in [0.4, 0.5) is 0 Å². The topological polar surface area (TPSA) is 20.2 Å². The van der Waals surface area contributed by atoms with Crippen LogP contribution in [-0.4, -0.2) is 5.11 Å². The van der Waals surface area contributed by atoms with Crippen molar-refractivity contribution < 1.29 is 21.6 Å². The fourth-order valence-electron chi connectivity index (χ4n) is 1.24. The monoisotopic (exact) mass is 234 g/mol. The average molecular weight is 235 g/mol. The minimum absolute atomic E-state index is 0. The summed E-state index contributed by atoms with van der Waals surface area (Å²) >= 11 is 4.21. The van der Waals surface area contributed by atoms with E-state index in [1.54, 1.807) is 6.07 Å². The second-order valence-corrected chi connectivity index (χ2v) is 3.10. The van der Waals surface area contributed by atoms with Crippen molar-refractivity contribution in [3.63, 3.8) is 0 Å². The number of benzene rings is 2. The molecule has 0 aliphatic rings. The molecule has 70 valence electrons. The van der Waals surface area contributed by atoms with E-state index in [1.807, 2.05) is 30.3 Å². The molecule has 13 heavy (non-hydrogen) atoms. The Labute approximate surface area is 92.1 Å². The number of aromatic hydroxyl groups is 1. The Hall–Kier alpha value is -0.656. The van der Waals surface area contributed by atoms with Gasteiger partial charge >= 0.3 is 0 Å². The van der Waals surface area contributed by atoms with E-state index in [1.165, 1.54) is 0 Å². The molecule has 2 aromatic rings. The zero-order chi connectivity index (χ0) is 8.55. The van der Waals surface area contributed by atoms with Crippen LogP contribution >= 0.6 is 12.6 Å². The van der Waals surface area contributed by atoms with Crippen LogP contribution in [0.2, 0.25) is 0 Å². The van der Waals surface area contributed by atoms with E-state index in [2.05, 4.69) is 12.6 Å². The summed E-state index contributed by atoms with van der Waals surface area (Å²) in [5.74, 6) is 0.233. The molecule has 0 aliphatic carbocycles. The summed E-state index contributed by atoms with van der Waals surface area (Å²) in [4.78, 5) is 0.646. The van der Waals surface area contributed by atoms with Crippen molar-refractivity contribution in [1.82, 2.24) is 0 Å². The van der Waals surface area contributed by atoms with E-state index in [0.29, 0.717) is 4.90 Å². The standard InChI is InChI=1S/C10H8OS.Ni/c11-9-6-5-7-3-1-2-4-8(7)10(9)12;/h1-6,11-12H;. The third-order valence-corrected chi connectivity index (χ3v) is 2.35. The maximum Gasteiger partial charge on any atom is 0.129 e. The average Bonchev–Trinajstić information content (AvgIpc) is 2.12. The van der Waals surface area contributed by atoms with Gasteiger partial charge in [0.15, 0.2) is 0 Å². The summed E-state index contributed by atoms with van der Waals surface area (Å²) in [5, 5.41) is 11.4. The molecule has 0 aromatic heterocycles. The van der Waals surface area contributed by atoms with Gasteiger partial charge in [0.05, 0.1) is 4.90 Å². The van der Waals surface area contributed by atoms with Crippen LogP contribution in [0.15, 0.2) is 41.3 Å². The minimum Gasteiger partial charge on any atom is -0.507 e. The molecule has 0 amide bonds. The van der Waals surface area contributed by atoms with Crippen molar-refractivity contribution in [2.75, 3.05) is 0 Å². The third-order valence-electron chi connectivity index (χ3n) is 1.88. The van der Waals surface area contributed by atoms with E-state index in [4.69, 9.17) is 0 Å². The first-order valence-corrected chi connectivity index (χ1v) is 4.13. The van der Waals surface area contributed by atoms with Crippen molar-refractivity contribution in [3.8, 4) is 5.75 Å². The molecule has 0 saturated carbocycles. The van der Waals surface area contributed by atoms with Crippen molar-refractivity contribution >= 4 is 23.4 Å². The van der Waals surface area contributed by atoms with Crippen LogP contribution < -0.4 is 0 Å². The zero-order valence-corrected chi connectivity index (χ0v) is 8.56. The minimum atomic E-state index is 0. The molecule has 3 heteroatoms. The SMILES string of the molecule is Oc1ccc2ccccc2c1S.[Ni]. The molecule has 0 bridgehead atoms. The van der Waals surface area contributed by atoms with Crippen molar-refractivity contribution in [2.24, 2.45) is 0 Å². The molecule has 0 spiro atoms. The summed E-state index contributed by atoms with van der Waals surface area (Å²) < 4.78 is 0. The normalized spacial score (nSPS) is 9.62. The summed E-state index contributed by atoms with van der Waals surface area (Å²) in [6.07, 6.45) is 0. The summed E-state index contributed by atoms with van der Waals surface area (Å²) in [5.41, 5.74) is 0. The first kappa shape index (κ1) is 10.4. The fourth-order valence-corrected chi connectivity index (χ4v) is 1.52. The van der Waals surface area contributed by atoms with E-state index < -0.39 is 0 Å². The first-order valence-electron chi connectivity index (χ1n) is 3.69. The summed E-state index contributed by atoms with van der Waals surface area (Å²) in [7, 11) is 0. The van der Waals surface area contributed by atoms with Gasteiger partial charge in [-0.05, 0) is 16.8 Å². The van der Waals surface area contributed by atoms with Crippen LogP contribution in [0.1, 0.15) is 0 Å². The first-order chi connectivity index (χ1) is 5.79. The number of phenolic OH excluding ortho intramolecular Hbond substituents is 1. The second-order valence-electron chi connectivity index (χ2n) is 2.65. The van der Waals surface area contributed by atoms with E-state index >= 15 is 0 Å². The smallest absolute Gasteiger partial charge is 0.129 e. The van der Waals surface area contributed by atoms with Gasteiger partial charge in [-0.15, -0.1) is 12.6 Å². The maximum atomic E-state index is 9.34. The van der Waals surface area contributed by atoms with Crippen LogP contribution in [0.25, 0.3) is 10.8 Å². The van der Waals surface area contributed by atoms with Gasteiger partial charge in [-0.1, -0.05) is 30.3 Å². The molecule has 0 radical (unpaired) electrons. The molecule has 0 fully saturated rings. The van der Waals surface area contributed by atoms with Gasteiger partial charge in [0.2, 0.25) is 0 Å². The number of rotatable bonds is 0. The van der Waals surface area contributed by atoms with Gasteiger partial charge in [-0.2, -0.15) is 0 Å². The van der Waals surface area contributed by atoms with Gasteiger partial charge < -0.3 is 5.11 Å². The van der Waals surface area contributed by atoms with Gasteiger partial charge in [0.25, 0.3) is 0 Å². The third kappa shape index (κ3) is 1.82. The Morgan fingerprint density at radius 2 is 1.69 bits per heavy atom. The second kappa shape index (κ2) is 4.03. The molecular formula is C10H8NiOS. The number of hydrogen-bond donors (Lipinski definition) is 2. The van der Waals surface area contributed by atoms with E-state index in [0.717, 1.165) is 10.8 Å². The van der Waals surface area contributed by atoms with Crippen LogP contribution in [-0.2, 0) is 16.5 Å². The van der Waals surface area contributed by atoms with Gasteiger partial charge in [0, 0.05) is 16.5 Å². The largest absolute Gasteiger partial charge is 0.507 e. The van der Waals surface area contributed by atoms with Crippen LogP contribution in [0.5, 0.6) is 5.75 Å². The van der Waals surface area contributed by atoms with Gasteiger partial charge in [-0.3, -0.25) is 0 Å². The fraction of sp³-hybridized carbons (Fsp3) is 0. The van der Waals surface area contributed by atoms with Crippen LogP contribution in [0, 0.1) is 0 Å².